The van der Waals surface area contributed by atoms with E-state index < -0.39 is 5.76 Å². The van der Waals surface area contributed by atoms with Crippen LogP contribution in [0.4, 0.5) is 0 Å². The van der Waals surface area contributed by atoms with E-state index in [0.717, 1.165) is 27.8 Å². The molecule has 0 spiro atoms. The number of benzene rings is 3. The molecule has 4 rings (SSSR count). The van der Waals surface area contributed by atoms with Gasteiger partial charge < -0.3 is 10.2 Å². The quantitative estimate of drug-likeness (QED) is 0.567. The van der Waals surface area contributed by atoms with Crippen molar-refractivity contribution < 1.29 is 9.21 Å². The highest BCUT2D eigenvalue weighted by molar-refractivity contribution is 5.91. The van der Waals surface area contributed by atoms with Gasteiger partial charge in [-0.2, -0.15) is 0 Å². The molecule has 5 heteroatoms. The van der Waals surface area contributed by atoms with Crippen LogP contribution >= 0.6 is 0 Å². The third-order valence-corrected chi connectivity index (χ3v) is 4.59. The first-order chi connectivity index (χ1) is 13.1. The predicted molar refractivity (Wildman–Crippen MR) is 105 cm³/mol. The van der Waals surface area contributed by atoms with Gasteiger partial charge in [0.25, 0.3) is 0 Å². The molecule has 0 fully saturated rings. The van der Waals surface area contributed by atoms with Crippen molar-refractivity contribution in [1.82, 2.24) is 4.98 Å². The zero-order chi connectivity index (χ0) is 18.8. The molecule has 0 radical (unpaired) electrons. The molecule has 1 aromatic heterocycles. The molecule has 27 heavy (non-hydrogen) atoms. The number of carbonyl (C=O) groups is 1. The van der Waals surface area contributed by atoms with Crippen LogP contribution in [-0.2, 0) is 11.2 Å². The summed E-state index contributed by atoms with van der Waals surface area (Å²) in [7, 11) is 0. The molecule has 4 aromatic rings. The molecule has 0 atom stereocenters. The van der Waals surface area contributed by atoms with E-state index in [0.29, 0.717) is 17.5 Å². The smallest absolute Gasteiger partial charge is 0.407 e. The van der Waals surface area contributed by atoms with E-state index in [-0.39, 0.29) is 12.3 Å². The number of oxazole rings is 1. The maximum Gasteiger partial charge on any atom is 0.417 e. The first kappa shape index (κ1) is 16.8. The molecule has 3 N–H and O–H groups in total. The number of hydrogen-bond acceptors (Lipinski definition) is 3. The third kappa shape index (κ3) is 3.40. The minimum absolute atomic E-state index is 0.248. The molecule has 0 unspecified atom stereocenters. The molecule has 0 aliphatic rings. The van der Waals surface area contributed by atoms with Crippen LogP contribution in [-0.4, -0.2) is 10.9 Å². The largest absolute Gasteiger partial charge is 0.417 e. The van der Waals surface area contributed by atoms with Gasteiger partial charge in [-0.15, -0.1) is 0 Å². The monoisotopic (exact) mass is 358 g/mol. The van der Waals surface area contributed by atoms with Gasteiger partial charge in [0.1, 0.15) is 0 Å². The normalized spacial score (nSPS) is 11.0. The van der Waals surface area contributed by atoms with Crippen molar-refractivity contribution in [2.75, 3.05) is 0 Å². The maximum atomic E-state index is 11.6. The number of aryl methyl sites for hydroxylation is 1. The van der Waals surface area contributed by atoms with Crippen LogP contribution in [0.5, 0.6) is 0 Å². The Hall–Kier alpha value is -3.60. The number of H-pyrrole nitrogens is 1. The van der Waals surface area contributed by atoms with Gasteiger partial charge >= 0.3 is 5.76 Å². The highest BCUT2D eigenvalue weighted by atomic mass is 16.4. The summed E-state index contributed by atoms with van der Waals surface area (Å²) in [6, 6.07) is 21.7. The Morgan fingerprint density at radius 2 is 1.74 bits per heavy atom. The first-order valence-corrected chi connectivity index (χ1v) is 8.71. The van der Waals surface area contributed by atoms with Crippen molar-refractivity contribution in [3.8, 4) is 22.3 Å². The molecular formula is C22H18N2O3. The first-order valence-electron chi connectivity index (χ1n) is 8.71. The highest BCUT2D eigenvalue weighted by Crippen LogP contribution is 2.33. The lowest BCUT2D eigenvalue weighted by Crippen LogP contribution is -2.11. The number of hydrogen-bond donors (Lipinski definition) is 2. The zero-order valence-corrected chi connectivity index (χ0v) is 14.6. The number of amides is 1. The predicted octanol–water partition coefficient (Wildman–Crippen LogP) is 3.87. The molecule has 3 aromatic carbocycles. The maximum absolute atomic E-state index is 11.6. The minimum atomic E-state index is -0.489. The van der Waals surface area contributed by atoms with Crippen LogP contribution in [0.2, 0.25) is 0 Å². The Labute approximate surface area is 155 Å². The van der Waals surface area contributed by atoms with Gasteiger partial charge in [-0.05, 0) is 34.7 Å². The average molecular weight is 358 g/mol. The summed E-state index contributed by atoms with van der Waals surface area (Å²) in [5.74, 6) is -0.838. The van der Waals surface area contributed by atoms with Crippen LogP contribution in [0.1, 0.15) is 12.0 Å². The number of fused-ring (bicyclic) bond motifs is 1. The number of aromatic nitrogens is 1. The Balaban J connectivity index is 1.88. The van der Waals surface area contributed by atoms with E-state index in [1.807, 2.05) is 54.6 Å². The molecule has 0 saturated heterocycles. The molecule has 0 aliphatic heterocycles. The second-order valence-electron chi connectivity index (χ2n) is 6.40. The lowest BCUT2D eigenvalue weighted by Gasteiger charge is -2.12. The number of nitrogens with one attached hydrogen (secondary N) is 1. The van der Waals surface area contributed by atoms with Gasteiger partial charge in [-0.1, -0.05) is 60.7 Å². The van der Waals surface area contributed by atoms with Gasteiger partial charge in [-0.25, -0.2) is 4.79 Å². The van der Waals surface area contributed by atoms with E-state index in [4.69, 9.17) is 10.2 Å². The number of carbonyl (C=O) groups excluding carboxylic acids is 1. The minimum Gasteiger partial charge on any atom is -0.407 e. The van der Waals surface area contributed by atoms with Gasteiger partial charge in [0, 0.05) is 12.0 Å². The van der Waals surface area contributed by atoms with E-state index in [1.54, 1.807) is 6.07 Å². The van der Waals surface area contributed by atoms with Crippen molar-refractivity contribution in [3.05, 3.63) is 82.8 Å². The summed E-state index contributed by atoms with van der Waals surface area (Å²) >= 11 is 0. The van der Waals surface area contributed by atoms with Crippen molar-refractivity contribution in [1.29, 1.82) is 0 Å². The average Bonchev–Trinajstić information content (AvgIpc) is 3.07. The van der Waals surface area contributed by atoms with Crippen molar-refractivity contribution >= 4 is 17.0 Å². The van der Waals surface area contributed by atoms with Crippen molar-refractivity contribution in [2.24, 2.45) is 5.73 Å². The third-order valence-electron chi connectivity index (χ3n) is 4.59. The highest BCUT2D eigenvalue weighted by Gasteiger charge is 2.14. The van der Waals surface area contributed by atoms with Crippen LogP contribution in [0.3, 0.4) is 0 Å². The van der Waals surface area contributed by atoms with E-state index in [9.17, 15) is 9.59 Å². The van der Waals surface area contributed by atoms with Gasteiger partial charge in [0.05, 0.1) is 5.52 Å². The lowest BCUT2D eigenvalue weighted by molar-refractivity contribution is -0.117. The van der Waals surface area contributed by atoms with Crippen LogP contribution in [0.15, 0.2) is 75.9 Å². The number of para-hydroxylation sites is 1. The fourth-order valence-electron chi connectivity index (χ4n) is 3.32. The topological polar surface area (TPSA) is 89.1 Å². The standard InChI is InChI=1S/C22H18N2O3/c23-20(25)12-10-16-13-15(14-5-2-1-3-6-14)9-11-17(16)18-7-4-8-19-21(18)27-22(26)24-19/h1-9,11,13H,10,12H2,(H2,23,25)(H,24,26). The molecule has 134 valence electrons. The summed E-state index contributed by atoms with van der Waals surface area (Å²) in [5, 5.41) is 0. The molecule has 0 saturated carbocycles. The SMILES string of the molecule is NC(=O)CCc1cc(-c2ccccc2)ccc1-c1cccc2[nH]c(=O)oc12. The summed E-state index contributed by atoms with van der Waals surface area (Å²) in [6.07, 6.45) is 0.759. The molecule has 0 bridgehead atoms. The van der Waals surface area contributed by atoms with Gasteiger partial charge in [-0.3, -0.25) is 9.78 Å². The molecular weight excluding hydrogens is 340 g/mol. The Kier molecular flexibility index (Phi) is 4.34. The summed E-state index contributed by atoms with van der Waals surface area (Å²) in [4.78, 5) is 25.7. The fraction of sp³-hybridized carbons (Fsp3) is 0.0909. The zero-order valence-electron chi connectivity index (χ0n) is 14.6. The Bertz CT molecular complexity index is 1170. The van der Waals surface area contributed by atoms with Crippen LogP contribution in [0.25, 0.3) is 33.4 Å². The number of primary amides is 1. The summed E-state index contributed by atoms with van der Waals surface area (Å²) in [5.41, 5.74) is 11.4. The van der Waals surface area contributed by atoms with E-state index >= 15 is 0 Å². The Morgan fingerprint density at radius 1 is 0.926 bits per heavy atom. The Morgan fingerprint density at radius 3 is 2.52 bits per heavy atom. The molecule has 1 heterocycles. The van der Waals surface area contributed by atoms with E-state index in [2.05, 4.69) is 11.1 Å². The second-order valence-corrected chi connectivity index (χ2v) is 6.40. The van der Waals surface area contributed by atoms with Crippen molar-refractivity contribution in [2.45, 2.75) is 12.8 Å². The van der Waals surface area contributed by atoms with Gasteiger partial charge in [0.15, 0.2) is 5.58 Å². The molecule has 1 amide bonds. The number of aromatic amines is 1. The van der Waals surface area contributed by atoms with Crippen LogP contribution in [0, 0.1) is 0 Å². The van der Waals surface area contributed by atoms with E-state index in [1.165, 1.54) is 0 Å². The van der Waals surface area contributed by atoms with Crippen LogP contribution < -0.4 is 11.5 Å². The van der Waals surface area contributed by atoms with Gasteiger partial charge in [0.2, 0.25) is 5.91 Å². The molecule has 0 aliphatic carbocycles. The lowest BCUT2D eigenvalue weighted by atomic mass is 9.92. The number of nitrogens with two attached hydrogens (primary N) is 1. The fourth-order valence-corrected chi connectivity index (χ4v) is 3.32. The summed E-state index contributed by atoms with van der Waals surface area (Å²) < 4.78 is 5.35. The summed E-state index contributed by atoms with van der Waals surface area (Å²) in [6.45, 7) is 0. The van der Waals surface area contributed by atoms with Crippen molar-refractivity contribution in [3.63, 3.8) is 0 Å². The second kappa shape index (κ2) is 6.96. The number of rotatable bonds is 5. The molecule has 5 nitrogen and oxygen atoms in total.